The molecule has 0 spiro atoms. The smallest absolute Gasteiger partial charge is 0.349 e. The van der Waals surface area contributed by atoms with Gasteiger partial charge in [0, 0.05) is 24.6 Å². The van der Waals surface area contributed by atoms with Crippen molar-refractivity contribution in [3.05, 3.63) is 40.2 Å². The molecule has 2 aromatic rings. The van der Waals surface area contributed by atoms with Crippen LogP contribution in [-0.2, 0) is 9.53 Å². The third-order valence-electron chi connectivity index (χ3n) is 4.29. The van der Waals surface area contributed by atoms with E-state index in [4.69, 9.17) is 13.9 Å². The average Bonchev–Trinajstić information content (AvgIpc) is 3.11. The van der Waals surface area contributed by atoms with E-state index in [1.807, 2.05) is 0 Å². The summed E-state index contributed by atoms with van der Waals surface area (Å²) >= 11 is 0. The zero-order valence-corrected chi connectivity index (χ0v) is 15.7. The summed E-state index contributed by atoms with van der Waals surface area (Å²) in [6.45, 7) is 6.30. The van der Waals surface area contributed by atoms with Crippen LogP contribution in [0, 0.1) is 5.41 Å². The number of nitrogens with one attached hydrogen (secondary N) is 1. The van der Waals surface area contributed by atoms with Crippen LogP contribution in [0.25, 0.3) is 11.0 Å². The third-order valence-corrected chi connectivity index (χ3v) is 4.29. The van der Waals surface area contributed by atoms with Gasteiger partial charge in [-0.05, 0) is 51.8 Å². The van der Waals surface area contributed by atoms with Crippen molar-refractivity contribution in [2.24, 2.45) is 5.41 Å². The fourth-order valence-corrected chi connectivity index (χ4v) is 2.68. The molecule has 1 N–H and O–H groups in total. The Bertz CT molecular complexity index is 918. The van der Waals surface area contributed by atoms with Crippen molar-refractivity contribution in [1.82, 2.24) is 5.32 Å². The molecule has 144 valence electrons. The molecule has 1 aliphatic heterocycles. The van der Waals surface area contributed by atoms with Crippen molar-refractivity contribution in [3.8, 4) is 5.75 Å². The molecule has 1 atom stereocenters. The molecule has 1 aromatic carbocycles. The molecule has 0 radical (unpaired) electrons. The summed E-state index contributed by atoms with van der Waals surface area (Å²) in [6.07, 6.45) is 1.85. The molecule has 0 bridgehead atoms. The van der Waals surface area contributed by atoms with Gasteiger partial charge >= 0.3 is 11.6 Å². The number of hydrogen-bond donors (Lipinski definition) is 1. The van der Waals surface area contributed by atoms with Crippen LogP contribution >= 0.6 is 0 Å². The molecule has 27 heavy (non-hydrogen) atoms. The molecule has 2 heterocycles. The van der Waals surface area contributed by atoms with Gasteiger partial charge in [-0.15, -0.1) is 0 Å². The van der Waals surface area contributed by atoms with E-state index in [2.05, 4.69) is 5.32 Å². The highest BCUT2D eigenvalue weighted by Gasteiger charge is 2.24. The Hall–Kier alpha value is -2.67. The second-order valence-electron chi connectivity index (χ2n) is 7.63. The number of fused-ring (bicyclic) bond motifs is 1. The monoisotopic (exact) mass is 373 g/mol. The number of amides is 1. The van der Waals surface area contributed by atoms with E-state index >= 15 is 0 Å². The molecule has 1 fully saturated rings. The number of rotatable bonds is 4. The zero-order chi connectivity index (χ0) is 19.6. The van der Waals surface area contributed by atoms with Crippen molar-refractivity contribution in [2.75, 3.05) is 13.2 Å². The summed E-state index contributed by atoms with van der Waals surface area (Å²) in [5.41, 5.74) is -1.22. The van der Waals surface area contributed by atoms with Gasteiger partial charge in [0.1, 0.15) is 16.9 Å². The summed E-state index contributed by atoms with van der Waals surface area (Å²) in [5, 5.41) is 3.27. The first-order valence-electron chi connectivity index (χ1n) is 8.94. The summed E-state index contributed by atoms with van der Waals surface area (Å²) in [6, 6.07) is 6.18. The van der Waals surface area contributed by atoms with Gasteiger partial charge in [-0.1, -0.05) is 0 Å². The van der Waals surface area contributed by atoms with Gasteiger partial charge in [0.25, 0.3) is 5.91 Å². The van der Waals surface area contributed by atoms with Gasteiger partial charge in [0.2, 0.25) is 0 Å². The lowest BCUT2D eigenvalue weighted by Gasteiger charge is -2.16. The van der Waals surface area contributed by atoms with Gasteiger partial charge in [-0.2, -0.15) is 0 Å². The SMILES string of the molecule is CC(C)(C)C(=O)Oc1ccc2cc(C(=O)NCC3CCCO3)c(=O)oc2c1. The fourth-order valence-electron chi connectivity index (χ4n) is 2.68. The van der Waals surface area contributed by atoms with Crippen LogP contribution in [0.4, 0.5) is 0 Å². The number of benzene rings is 1. The maximum atomic E-state index is 12.3. The number of hydrogen-bond acceptors (Lipinski definition) is 6. The van der Waals surface area contributed by atoms with E-state index in [1.165, 1.54) is 12.1 Å². The molecule has 1 aliphatic rings. The Kier molecular flexibility index (Phi) is 5.32. The van der Waals surface area contributed by atoms with Gasteiger partial charge in [0.05, 0.1) is 11.5 Å². The fraction of sp³-hybridized carbons (Fsp3) is 0.450. The standard InChI is InChI=1S/C20H23NO6/c1-20(2,3)19(24)26-13-7-6-12-9-15(18(23)27-16(12)10-13)17(22)21-11-14-5-4-8-25-14/h6-7,9-10,14H,4-5,8,11H2,1-3H3,(H,21,22). The highest BCUT2D eigenvalue weighted by atomic mass is 16.5. The van der Waals surface area contributed by atoms with E-state index < -0.39 is 22.9 Å². The van der Waals surface area contributed by atoms with Crippen molar-refractivity contribution in [3.63, 3.8) is 0 Å². The predicted octanol–water partition coefficient (Wildman–Crippen LogP) is 2.65. The summed E-state index contributed by atoms with van der Waals surface area (Å²) in [4.78, 5) is 36.5. The molecule has 0 aliphatic carbocycles. The Morgan fingerprint density at radius 1 is 1.26 bits per heavy atom. The Balaban J connectivity index is 1.78. The normalized spacial score (nSPS) is 17.1. The first kappa shape index (κ1) is 19.1. The minimum absolute atomic E-state index is 0.0125. The molecular weight excluding hydrogens is 350 g/mol. The first-order chi connectivity index (χ1) is 12.7. The summed E-state index contributed by atoms with van der Waals surface area (Å²) < 4.78 is 16.0. The molecule has 1 amide bonds. The van der Waals surface area contributed by atoms with Crippen molar-refractivity contribution < 1.29 is 23.5 Å². The average molecular weight is 373 g/mol. The number of esters is 1. The van der Waals surface area contributed by atoms with Crippen molar-refractivity contribution in [2.45, 2.75) is 39.7 Å². The van der Waals surface area contributed by atoms with Crippen molar-refractivity contribution >= 4 is 22.8 Å². The van der Waals surface area contributed by atoms with Gasteiger partial charge in [-0.25, -0.2) is 4.79 Å². The first-order valence-corrected chi connectivity index (χ1v) is 8.94. The molecule has 7 nitrogen and oxygen atoms in total. The van der Waals surface area contributed by atoms with Gasteiger partial charge < -0.3 is 19.2 Å². The van der Waals surface area contributed by atoms with E-state index in [9.17, 15) is 14.4 Å². The van der Waals surface area contributed by atoms with Crippen LogP contribution in [0.5, 0.6) is 5.75 Å². The maximum absolute atomic E-state index is 12.3. The minimum atomic E-state index is -0.744. The number of carbonyl (C=O) groups is 2. The lowest BCUT2D eigenvalue weighted by molar-refractivity contribution is -0.142. The number of ether oxygens (including phenoxy) is 2. The topological polar surface area (TPSA) is 94.8 Å². The summed E-state index contributed by atoms with van der Waals surface area (Å²) in [5.74, 6) is -0.611. The molecule has 3 rings (SSSR count). The van der Waals surface area contributed by atoms with Gasteiger partial charge in [-0.3, -0.25) is 9.59 Å². The van der Waals surface area contributed by atoms with E-state index in [-0.39, 0.29) is 23.0 Å². The molecule has 7 heteroatoms. The molecule has 1 saturated heterocycles. The second kappa shape index (κ2) is 7.52. The largest absolute Gasteiger partial charge is 0.426 e. The lowest BCUT2D eigenvalue weighted by Crippen LogP contribution is -2.34. The van der Waals surface area contributed by atoms with Crippen LogP contribution < -0.4 is 15.7 Å². The predicted molar refractivity (Wildman–Crippen MR) is 98.9 cm³/mol. The molecule has 0 saturated carbocycles. The van der Waals surface area contributed by atoms with E-state index in [1.54, 1.807) is 32.9 Å². The highest BCUT2D eigenvalue weighted by Crippen LogP contribution is 2.24. The van der Waals surface area contributed by atoms with Crippen LogP contribution in [0.1, 0.15) is 44.0 Å². The van der Waals surface area contributed by atoms with Crippen LogP contribution in [0.2, 0.25) is 0 Å². The molecular formula is C20H23NO6. The van der Waals surface area contributed by atoms with Crippen LogP contribution in [0.3, 0.4) is 0 Å². The van der Waals surface area contributed by atoms with Gasteiger partial charge in [0.15, 0.2) is 0 Å². The lowest BCUT2D eigenvalue weighted by atomic mass is 9.97. The van der Waals surface area contributed by atoms with Crippen LogP contribution in [-0.4, -0.2) is 31.1 Å². The highest BCUT2D eigenvalue weighted by molar-refractivity contribution is 5.96. The van der Waals surface area contributed by atoms with Crippen LogP contribution in [0.15, 0.2) is 33.5 Å². The third kappa shape index (κ3) is 4.54. The second-order valence-corrected chi connectivity index (χ2v) is 7.63. The van der Waals surface area contributed by atoms with E-state index in [0.29, 0.717) is 18.5 Å². The minimum Gasteiger partial charge on any atom is -0.426 e. The summed E-state index contributed by atoms with van der Waals surface area (Å²) in [7, 11) is 0. The number of carbonyl (C=O) groups excluding carboxylic acids is 2. The quantitative estimate of drug-likeness (QED) is 0.503. The van der Waals surface area contributed by atoms with Crippen molar-refractivity contribution in [1.29, 1.82) is 0 Å². The zero-order valence-electron chi connectivity index (χ0n) is 15.7. The Morgan fingerprint density at radius 3 is 2.70 bits per heavy atom. The Morgan fingerprint density at radius 2 is 2.04 bits per heavy atom. The van der Waals surface area contributed by atoms with E-state index in [0.717, 1.165) is 12.8 Å². The molecule has 1 aromatic heterocycles. The Labute approximate surface area is 156 Å². The maximum Gasteiger partial charge on any atom is 0.349 e. The molecule has 1 unspecified atom stereocenters.